The van der Waals surface area contributed by atoms with E-state index in [0.29, 0.717) is 0 Å². The van der Waals surface area contributed by atoms with E-state index in [9.17, 15) is 0 Å². The average molecular weight is 183 g/mol. The lowest BCUT2D eigenvalue weighted by Gasteiger charge is -1.91. The number of hydrogen-bond acceptors (Lipinski definition) is 1. The Balaban J connectivity index is 2.99. The van der Waals surface area contributed by atoms with Crippen molar-refractivity contribution in [1.82, 2.24) is 0 Å². The molecule has 69 valence electrons. The van der Waals surface area contributed by atoms with Gasteiger partial charge in [0.1, 0.15) is 0 Å². The molecular weight excluding hydrogens is 164 g/mol. The van der Waals surface area contributed by atoms with E-state index in [2.05, 4.69) is 25.0 Å². The van der Waals surface area contributed by atoms with Crippen LogP contribution in [0.4, 0.5) is 0 Å². The number of rotatable bonds is 6. The summed E-state index contributed by atoms with van der Waals surface area (Å²) in [5.74, 6) is 7.54. The van der Waals surface area contributed by atoms with Gasteiger partial charge in [-0.3, -0.25) is 0 Å². The Labute approximate surface area is 81.5 Å². The van der Waals surface area contributed by atoms with Gasteiger partial charge >= 0.3 is 0 Å². The van der Waals surface area contributed by atoms with Gasteiger partial charge in [0.15, 0.2) is 0 Å². The number of unbranched alkanes of at least 4 members (excludes halogenated alkanes) is 4. The summed E-state index contributed by atoms with van der Waals surface area (Å²) in [6.07, 6.45) is 9.12. The number of hydrogen-bond donors (Lipinski definition) is 0. The van der Waals surface area contributed by atoms with Gasteiger partial charge in [-0.25, -0.2) is 0 Å². The Morgan fingerprint density at radius 1 is 1.08 bits per heavy atom. The second-order valence-electron chi connectivity index (χ2n) is 2.76. The van der Waals surface area contributed by atoms with Crippen LogP contribution in [0.15, 0.2) is 0 Å². The lowest BCUT2D eigenvalue weighted by atomic mass is 10.1. The zero-order chi connectivity index (χ0) is 9.07. The van der Waals surface area contributed by atoms with E-state index < -0.39 is 0 Å². The Kier molecular flexibility index (Phi) is 10.8. The largest absolute Gasteiger partial charge is 0.164 e. The van der Waals surface area contributed by atoms with Crippen molar-refractivity contribution in [3.05, 3.63) is 6.92 Å². The first-order valence-electron chi connectivity index (χ1n) is 4.65. The smallest absolute Gasteiger partial charge is 0.0179 e. The van der Waals surface area contributed by atoms with E-state index in [-0.39, 0.29) is 0 Å². The first-order valence-corrected chi connectivity index (χ1v) is 6.05. The highest BCUT2D eigenvalue weighted by Crippen LogP contribution is 2.01. The SMILES string of the molecule is [CH2]CCCCCC#CCCSC. The van der Waals surface area contributed by atoms with Crippen molar-refractivity contribution < 1.29 is 0 Å². The van der Waals surface area contributed by atoms with Crippen LogP contribution in [0.1, 0.15) is 38.5 Å². The van der Waals surface area contributed by atoms with Crippen LogP contribution in [0.3, 0.4) is 0 Å². The van der Waals surface area contributed by atoms with Gasteiger partial charge in [0.05, 0.1) is 0 Å². The molecule has 0 heterocycles. The lowest BCUT2D eigenvalue weighted by Crippen LogP contribution is -1.75. The Hall–Kier alpha value is -0.0900. The van der Waals surface area contributed by atoms with Crippen LogP contribution in [0.25, 0.3) is 0 Å². The fraction of sp³-hybridized carbons (Fsp3) is 0.727. The minimum absolute atomic E-state index is 1.05. The van der Waals surface area contributed by atoms with Gasteiger partial charge in [-0.15, -0.1) is 11.8 Å². The van der Waals surface area contributed by atoms with Crippen molar-refractivity contribution in [2.75, 3.05) is 12.0 Å². The second-order valence-corrected chi connectivity index (χ2v) is 3.75. The molecular formula is C11H19S. The minimum Gasteiger partial charge on any atom is -0.164 e. The summed E-state index contributed by atoms with van der Waals surface area (Å²) in [7, 11) is 0. The van der Waals surface area contributed by atoms with E-state index in [4.69, 9.17) is 0 Å². The second kappa shape index (κ2) is 10.9. The summed E-state index contributed by atoms with van der Waals surface area (Å²) < 4.78 is 0. The zero-order valence-corrected chi connectivity index (χ0v) is 8.88. The molecule has 0 spiro atoms. The van der Waals surface area contributed by atoms with Crippen LogP contribution >= 0.6 is 11.8 Å². The molecule has 0 nitrogen and oxygen atoms in total. The Morgan fingerprint density at radius 2 is 1.83 bits per heavy atom. The van der Waals surface area contributed by atoms with Crippen molar-refractivity contribution in [1.29, 1.82) is 0 Å². The summed E-state index contributed by atoms with van der Waals surface area (Å²) >= 11 is 1.86. The van der Waals surface area contributed by atoms with Crippen LogP contribution in [-0.2, 0) is 0 Å². The van der Waals surface area contributed by atoms with Crippen molar-refractivity contribution in [3.8, 4) is 11.8 Å². The molecule has 1 heteroatoms. The molecule has 1 radical (unpaired) electrons. The molecule has 12 heavy (non-hydrogen) atoms. The third-order valence-electron chi connectivity index (χ3n) is 1.61. The minimum atomic E-state index is 1.05. The predicted octanol–water partition coefficient (Wildman–Crippen LogP) is 3.53. The molecule has 0 N–H and O–H groups in total. The van der Waals surface area contributed by atoms with E-state index >= 15 is 0 Å². The fourth-order valence-corrected chi connectivity index (χ4v) is 1.20. The Morgan fingerprint density at radius 3 is 2.50 bits per heavy atom. The van der Waals surface area contributed by atoms with Crippen LogP contribution in [0.2, 0.25) is 0 Å². The first-order chi connectivity index (χ1) is 5.91. The van der Waals surface area contributed by atoms with Crippen LogP contribution < -0.4 is 0 Å². The van der Waals surface area contributed by atoms with Gasteiger partial charge in [-0.05, 0) is 12.7 Å². The van der Waals surface area contributed by atoms with Gasteiger partial charge < -0.3 is 0 Å². The topological polar surface area (TPSA) is 0 Å². The molecule has 0 aliphatic heterocycles. The normalized spacial score (nSPS) is 9.17. The van der Waals surface area contributed by atoms with Crippen molar-refractivity contribution >= 4 is 11.8 Å². The quantitative estimate of drug-likeness (QED) is 0.448. The molecule has 0 saturated carbocycles. The van der Waals surface area contributed by atoms with Gasteiger partial charge in [-0.1, -0.05) is 26.2 Å². The zero-order valence-electron chi connectivity index (χ0n) is 8.07. The van der Waals surface area contributed by atoms with Crippen LogP contribution in [-0.4, -0.2) is 12.0 Å². The fourth-order valence-electron chi connectivity index (χ4n) is 0.897. The summed E-state index contributed by atoms with van der Waals surface area (Å²) in [4.78, 5) is 0. The van der Waals surface area contributed by atoms with Crippen molar-refractivity contribution in [2.24, 2.45) is 0 Å². The molecule has 0 bridgehead atoms. The van der Waals surface area contributed by atoms with Crippen LogP contribution in [0.5, 0.6) is 0 Å². The average Bonchev–Trinajstić information content (AvgIpc) is 2.10. The van der Waals surface area contributed by atoms with Gasteiger partial charge in [-0.2, -0.15) is 11.8 Å². The maximum atomic E-state index is 3.81. The summed E-state index contributed by atoms with van der Waals surface area (Å²) in [5, 5.41) is 0. The highest BCUT2D eigenvalue weighted by atomic mass is 32.2. The summed E-state index contributed by atoms with van der Waals surface area (Å²) in [5.41, 5.74) is 0. The molecule has 0 aromatic carbocycles. The Bertz CT molecular complexity index is 130. The van der Waals surface area contributed by atoms with Crippen LogP contribution in [0, 0.1) is 18.8 Å². The molecule has 0 aliphatic carbocycles. The van der Waals surface area contributed by atoms with E-state index in [1.54, 1.807) is 0 Å². The van der Waals surface area contributed by atoms with Gasteiger partial charge in [0, 0.05) is 18.6 Å². The maximum absolute atomic E-state index is 3.81. The summed E-state index contributed by atoms with van der Waals surface area (Å²) in [6.45, 7) is 3.81. The standard InChI is InChI=1S/C11H19S/c1-3-4-5-6-7-8-9-10-11-12-2/h1,3-7,10-11H2,2H3. The molecule has 0 aliphatic rings. The molecule has 0 saturated heterocycles. The highest BCUT2D eigenvalue weighted by molar-refractivity contribution is 7.98. The summed E-state index contributed by atoms with van der Waals surface area (Å²) in [6, 6.07) is 0. The molecule has 0 amide bonds. The monoisotopic (exact) mass is 183 g/mol. The van der Waals surface area contributed by atoms with Crippen molar-refractivity contribution in [3.63, 3.8) is 0 Å². The van der Waals surface area contributed by atoms with E-state index in [0.717, 1.165) is 19.3 Å². The molecule has 0 unspecified atom stereocenters. The van der Waals surface area contributed by atoms with Crippen molar-refractivity contribution in [2.45, 2.75) is 38.5 Å². The predicted molar refractivity (Wildman–Crippen MR) is 59.2 cm³/mol. The molecule has 0 rings (SSSR count). The van der Waals surface area contributed by atoms with Gasteiger partial charge in [0.2, 0.25) is 0 Å². The maximum Gasteiger partial charge on any atom is 0.0179 e. The molecule has 0 atom stereocenters. The third-order valence-corrected chi connectivity index (χ3v) is 2.22. The lowest BCUT2D eigenvalue weighted by molar-refractivity contribution is 0.701. The molecule has 0 aromatic rings. The molecule has 0 fully saturated rings. The highest BCUT2D eigenvalue weighted by Gasteiger charge is 1.83. The van der Waals surface area contributed by atoms with Gasteiger partial charge in [0.25, 0.3) is 0 Å². The first kappa shape index (κ1) is 11.9. The third kappa shape index (κ3) is 9.91. The molecule has 0 aromatic heterocycles. The number of thioether (sulfide) groups is 1. The van der Waals surface area contributed by atoms with E-state index in [1.165, 1.54) is 25.0 Å². The van der Waals surface area contributed by atoms with E-state index in [1.807, 2.05) is 11.8 Å².